The molecular formula is C6H12O2. The number of hydrogen-bond donors (Lipinski definition) is 0. The van der Waals surface area contributed by atoms with Gasteiger partial charge in [-0.25, -0.2) is 0 Å². The molecule has 0 aromatic rings. The molecule has 0 aliphatic heterocycles. The van der Waals surface area contributed by atoms with Crippen molar-refractivity contribution in [1.82, 2.24) is 0 Å². The van der Waals surface area contributed by atoms with Crippen LogP contribution in [0, 0.1) is 5.92 Å². The second kappa shape index (κ2) is 4.78. The first-order valence-electron chi connectivity index (χ1n) is 2.73. The fourth-order valence-electron chi connectivity index (χ4n) is 0.517. The minimum absolute atomic E-state index is 0.373. The molecule has 48 valence electrons. The lowest BCUT2D eigenvalue weighted by Crippen LogP contribution is -2.03. The average Bonchev–Trinajstić information content (AvgIpc) is 1.68. The highest BCUT2D eigenvalue weighted by atomic mass is 16.5. The molecule has 0 fully saturated rings. The number of rotatable bonds is 4. The summed E-state index contributed by atoms with van der Waals surface area (Å²) in [5.74, 6) is 0.373. The van der Waals surface area contributed by atoms with Gasteiger partial charge in [-0.15, -0.1) is 0 Å². The van der Waals surface area contributed by atoms with Crippen LogP contribution < -0.4 is 0 Å². The van der Waals surface area contributed by atoms with Crippen molar-refractivity contribution in [2.24, 2.45) is 5.92 Å². The smallest absolute Gasteiger partial charge is 0.120 e. The maximum atomic E-state index is 9.83. The second-order valence-corrected chi connectivity index (χ2v) is 1.96. The van der Waals surface area contributed by atoms with Crippen LogP contribution in [-0.4, -0.2) is 20.0 Å². The number of ether oxygens (including phenoxy) is 1. The van der Waals surface area contributed by atoms with E-state index in [1.807, 2.05) is 6.92 Å². The highest BCUT2D eigenvalue weighted by molar-refractivity contribution is 5.49. The number of aldehydes is 1. The quantitative estimate of drug-likeness (QED) is 0.509. The summed E-state index contributed by atoms with van der Waals surface area (Å²) in [6.45, 7) is 2.66. The van der Waals surface area contributed by atoms with Gasteiger partial charge in [0.05, 0.1) is 0 Å². The lowest BCUT2D eigenvalue weighted by Gasteiger charge is -2.02. The van der Waals surface area contributed by atoms with Crippen molar-refractivity contribution in [2.45, 2.75) is 13.3 Å². The summed E-state index contributed by atoms with van der Waals surface area (Å²) in [6.07, 6.45) is 1.53. The van der Waals surface area contributed by atoms with Crippen molar-refractivity contribution in [3.8, 4) is 0 Å². The van der Waals surface area contributed by atoms with Gasteiger partial charge in [0, 0.05) is 20.1 Å². The predicted octanol–water partition coefficient (Wildman–Crippen LogP) is 0.858. The van der Waals surface area contributed by atoms with Crippen molar-refractivity contribution in [3.63, 3.8) is 0 Å². The van der Waals surface area contributed by atoms with Crippen LogP contribution in [-0.2, 0) is 9.53 Å². The summed E-state index contributed by atoms with van der Waals surface area (Å²) < 4.78 is 4.80. The molecule has 0 aromatic heterocycles. The standard InChI is InChI=1S/C6H12O2/c1-6(3-4-7)5-8-2/h4,6H,3,5H2,1-2H3. The van der Waals surface area contributed by atoms with E-state index >= 15 is 0 Å². The van der Waals surface area contributed by atoms with Crippen molar-refractivity contribution in [1.29, 1.82) is 0 Å². The molecule has 8 heavy (non-hydrogen) atoms. The van der Waals surface area contributed by atoms with Gasteiger partial charge < -0.3 is 9.53 Å². The summed E-state index contributed by atoms with van der Waals surface area (Å²) in [6, 6.07) is 0. The Hall–Kier alpha value is -0.370. The number of carbonyl (C=O) groups excluding carboxylic acids is 1. The van der Waals surface area contributed by atoms with Gasteiger partial charge in [0.25, 0.3) is 0 Å². The number of hydrogen-bond acceptors (Lipinski definition) is 2. The third-order valence-electron chi connectivity index (χ3n) is 0.950. The van der Waals surface area contributed by atoms with E-state index in [1.165, 1.54) is 0 Å². The lowest BCUT2D eigenvalue weighted by atomic mass is 10.1. The highest BCUT2D eigenvalue weighted by Gasteiger charge is 1.96. The molecule has 0 saturated carbocycles. The van der Waals surface area contributed by atoms with Crippen molar-refractivity contribution >= 4 is 6.29 Å². The van der Waals surface area contributed by atoms with Crippen LogP contribution >= 0.6 is 0 Å². The topological polar surface area (TPSA) is 26.3 Å². The molecule has 0 bridgehead atoms. The second-order valence-electron chi connectivity index (χ2n) is 1.96. The first-order valence-corrected chi connectivity index (χ1v) is 2.73. The molecular weight excluding hydrogens is 104 g/mol. The highest BCUT2D eigenvalue weighted by Crippen LogP contribution is 1.97. The molecule has 0 spiro atoms. The normalized spacial score (nSPS) is 13.2. The summed E-state index contributed by atoms with van der Waals surface area (Å²) in [4.78, 5) is 9.83. The van der Waals surface area contributed by atoms with Gasteiger partial charge in [0.15, 0.2) is 0 Å². The maximum absolute atomic E-state index is 9.83. The number of carbonyl (C=O) groups is 1. The first kappa shape index (κ1) is 7.63. The molecule has 0 aromatic carbocycles. The van der Waals surface area contributed by atoms with E-state index < -0.39 is 0 Å². The third-order valence-corrected chi connectivity index (χ3v) is 0.950. The van der Waals surface area contributed by atoms with Crippen LogP contribution in [0.1, 0.15) is 13.3 Å². The van der Waals surface area contributed by atoms with Gasteiger partial charge >= 0.3 is 0 Å². The SMILES string of the molecule is COCC(C)CC=O. The Morgan fingerprint density at radius 1 is 1.75 bits per heavy atom. The van der Waals surface area contributed by atoms with Crippen molar-refractivity contribution in [2.75, 3.05) is 13.7 Å². The Labute approximate surface area is 49.8 Å². The summed E-state index contributed by atoms with van der Waals surface area (Å²) in [5, 5.41) is 0. The van der Waals surface area contributed by atoms with Gasteiger partial charge in [-0.3, -0.25) is 0 Å². The predicted molar refractivity (Wildman–Crippen MR) is 31.7 cm³/mol. The fourth-order valence-corrected chi connectivity index (χ4v) is 0.517. The van der Waals surface area contributed by atoms with Crippen LogP contribution in [0.4, 0.5) is 0 Å². The van der Waals surface area contributed by atoms with E-state index in [9.17, 15) is 4.79 Å². The van der Waals surface area contributed by atoms with Crippen LogP contribution in [0.25, 0.3) is 0 Å². The minimum Gasteiger partial charge on any atom is -0.384 e. The zero-order valence-electron chi connectivity index (χ0n) is 5.39. The van der Waals surface area contributed by atoms with E-state index in [-0.39, 0.29) is 0 Å². The summed E-state index contributed by atoms with van der Waals surface area (Å²) >= 11 is 0. The van der Waals surface area contributed by atoms with E-state index in [1.54, 1.807) is 7.11 Å². The third kappa shape index (κ3) is 3.81. The molecule has 0 amide bonds. The molecule has 0 rings (SSSR count). The fraction of sp³-hybridized carbons (Fsp3) is 0.833. The first-order chi connectivity index (χ1) is 3.81. The van der Waals surface area contributed by atoms with Crippen LogP contribution in [0.5, 0.6) is 0 Å². The Morgan fingerprint density at radius 3 is 2.75 bits per heavy atom. The molecule has 1 atom stereocenters. The molecule has 0 heterocycles. The van der Waals surface area contributed by atoms with Crippen LogP contribution in [0.3, 0.4) is 0 Å². The molecule has 0 saturated heterocycles. The maximum Gasteiger partial charge on any atom is 0.120 e. The molecule has 0 radical (unpaired) electrons. The Balaban J connectivity index is 3.03. The number of methoxy groups -OCH3 is 1. The Kier molecular flexibility index (Phi) is 4.56. The zero-order valence-corrected chi connectivity index (χ0v) is 5.39. The lowest BCUT2D eigenvalue weighted by molar-refractivity contribution is -0.108. The van der Waals surface area contributed by atoms with Gasteiger partial charge in [-0.1, -0.05) is 6.92 Å². The van der Waals surface area contributed by atoms with E-state index in [0.717, 1.165) is 6.29 Å². The van der Waals surface area contributed by atoms with E-state index in [2.05, 4.69) is 0 Å². The van der Waals surface area contributed by atoms with Crippen LogP contribution in [0.2, 0.25) is 0 Å². The molecule has 2 heteroatoms. The molecule has 0 aliphatic carbocycles. The molecule has 2 nitrogen and oxygen atoms in total. The van der Waals surface area contributed by atoms with Gasteiger partial charge in [0.2, 0.25) is 0 Å². The molecule has 1 unspecified atom stereocenters. The Morgan fingerprint density at radius 2 is 2.38 bits per heavy atom. The van der Waals surface area contributed by atoms with Gasteiger partial charge in [-0.05, 0) is 5.92 Å². The van der Waals surface area contributed by atoms with Gasteiger partial charge in [-0.2, -0.15) is 0 Å². The van der Waals surface area contributed by atoms with E-state index in [4.69, 9.17) is 4.74 Å². The monoisotopic (exact) mass is 116 g/mol. The Bertz CT molecular complexity index is 61.5. The average molecular weight is 116 g/mol. The van der Waals surface area contributed by atoms with Crippen LogP contribution in [0.15, 0.2) is 0 Å². The minimum atomic E-state index is 0.373. The zero-order chi connectivity index (χ0) is 6.41. The summed E-state index contributed by atoms with van der Waals surface area (Å²) in [5.41, 5.74) is 0. The largest absolute Gasteiger partial charge is 0.384 e. The van der Waals surface area contributed by atoms with Gasteiger partial charge in [0.1, 0.15) is 6.29 Å². The molecule has 0 N–H and O–H groups in total. The molecule has 0 aliphatic rings. The van der Waals surface area contributed by atoms with Crippen molar-refractivity contribution in [3.05, 3.63) is 0 Å². The van der Waals surface area contributed by atoms with Crippen molar-refractivity contribution < 1.29 is 9.53 Å². The summed E-state index contributed by atoms with van der Waals surface area (Å²) in [7, 11) is 1.64. The van der Waals surface area contributed by atoms with E-state index in [0.29, 0.717) is 18.9 Å².